The Kier molecular flexibility index (Phi) is 4.21. The van der Waals surface area contributed by atoms with Crippen LogP contribution in [0.15, 0.2) is 46.2 Å². The monoisotopic (exact) mass is 358 g/mol. The fourth-order valence-corrected chi connectivity index (χ4v) is 4.42. The van der Waals surface area contributed by atoms with Crippen LogP contribution in [0.25, 0.3) is 11.8 Å². The molecule has 0 atom stereocenters. The van der Waals surface area contributed by atoms with E-state index in [0.717, 1.165) is 41.7 Å². The van der Waals surface area contributed by atoms with Crippen molar-refractivity contribution in [3.8, 4) is 5.75 Å². The first-order valence-electron chi connectivity index (χ1n) is 8.06. The number of halogens is 1. The summed E-state index contributed by atoms with van der Waals surface area (Å²) in [6.07, 6.45) is 2.23. The number of likely N-dealkylation sites (N-methyl/N-ethyl adjacent to an activating group) is 1. The number of aromatic hydroxyl groups is 1. The van der Waals surface area contributed by atoms with E-state index in [1.807, 2.05) is 18.2 Å². The average molecular weight is 359 g/mol. The summed E-state index contributed by atoms with van der Waals surface area (Å²) in [7, 11) is 2.16. The second-order valence-electron chi connectivity index (χ2n) is 6.28. The van der Waals surface area contributed by atoms with E-state index in [4.69, 9.17) is 11.6 Å². The zero-order chi connectivity index (χ0) is 16.7. The van der Waals surface area contributed by atoms with Gasteiger partial charge in [0.1, 0.15) is 5.75 Å². The molecule has 2 heterocycles. The molecule has 0 spiro atoms. The van der Waals surface area contributed by atoms with Gasteiger partial charge < -0.3 is 14.9 Å². The molecule has 0 radical (unpaired) electrons. The van der Waals surface area contributed by atoms with Crippen LogP contribution < -0.4 is 0 Å². The van der Waals surface area contributed by atoms with Crippen LogP contribution >= 0.6 is 23.4 Å². The van der Waals surface area contributed by atoms with E-state index in [9.17, 15) is 5.11 Å². The number of phenols is 1. The molecule has 0 aromatic heterocycles. The molecule has 2 aromatic carbocycles. The minimum atomic E-state index is 0.299. The molecule has 5 heteroatoms. The van der Waals surface area contributed by atoms with Gasteiger partial charge in [0, 0.05) is 52.3 Å². The molecule has 124 valence electrons. The molecular formula is C19H19ClN2OS. The number of phenolic OH excluding ortho intramolecular Hbond substituents is 1. The predicted octanol–water partition coefficient (Wildman–Crippen LogP) is 4.26. The number of fused-ring (bicyclic) bond motifs is 2. The number of nitrogens with zero attached hydrogens (tertiary/aromatic N) is 2. The molecule has 1 saturated heterocycles. The van der Waals surface area contributed by atoms with Gasteiger partial charge in [-0.1, -0.05) is 29.4 Å². The molecule has 2 aromatic rings. The van der Waals surface area contributed by atoms with Gasteiger partial charge in [-0.15, -0.1) is 0 Å². The molecular weight excluding hydrogens is 340 g/mol. The van der Waals surface area contributed by atoms with Crippen LogP contribution in [0.3, 0.4) is 0 Å². The summed E-state index contributed by atoms with van der Waals surface area (Å²) in [5, 5.41) is 10.6. The van der Waals surface area contributed by atoms with Crippen LogP contribution in [0.4, 0.5) is 0 Å². The van der Waals surface area contributed by atoms with Gasteiger partial charge in [0.05, 0.1) is 0 Å². The van der Waals surface area contributed by atoms with Gasteiger partial charge >= 0.3 is 0 Å². The largest absolute Gasteiger partial charge is 0.508 e. The van der Waals surface area contributed by atoms with Gasteiger partial charge in [-0.3, -0.25) is 0 Å². The number of piperazine rings is 1. The van der Waals surface area contributed by atoms with Crippen LogP contribution in [0.2, 0.25) is 5.02 Å². The highest BCUT2D eigenvalue weighted by atomic mass is 35.5. The molecule has 24 heavy (non-hydrogen) atoms. The van der Waals surface area contributed by atoms with Crippen LogP contribution in [-0.2, 0) is 0 Å². The zero-order valence-electron chi connectivity index (χ0n) is 13.5. The lowest BCUT2D eigenvalue weighted by Gasteiger charge is -2.36. The van der Waals surface area contributed by atoms with E-state index in [-0.39, 0.29) is 0 Å². The standard InChI is InChI=1S/C19H19ClN2OS/c1-21-6-8-22(9-7-21)17-10-13-2-4-15(23)12-19(13)24-18-5-3-14(20)11-16(17)18/h2-5,10-12,23H,6-9H2,1H3. The summed E-state index contributed by atoms with van der Waals surface area (Å²) < 4.78 is 0. The fourth-order valence-electron chi connectivity index (χ4n) is 3.17. The minimum absolute atomic E-state index is 0.299. The van der Waals surface area contributed by atoms with E-state index >= 15 is 0 Å². The summed E-state index contributed by atoms with van der Waals surface area (Å²) in [5.74, 6) is 0.299. The molecule has 0 aliphatic carbocycles. The third-order valence-electron chi connectivity index (χ3n) is 4.57. The Hall–Kier alpha value is -1.62. The molecule has 1 fully saturated rings. The van der Waals surface area contributed by atoms with E-state index in [2.05, 4.69) is 35.1 Å². The number of benzene rings is 2. The SMILES string of the molecule is CN1CCN(C2=Cc3ccc(O)cc3Sc3ccc(Cl)cc32)CC1. The minimum Gasteiger partial charge on any atom is -0.508 e. The third-order valence-corrected chi connectivity index (χ3v) is 5.96. The van der Waals surface area contributed by atoms with Gasteiger partial charge in [0.15, 0.2) is 0 Å². The highest BCUT2D eigenvalue weighted by molar-refractivity contribution is 7.99. The van der Waals surface area contributed by atoms with Crippen molar-refractivity contribution in [1.82, 2.24) is 9.80 Å². The van der Waals surface area contributed by atoms with Crippen molar-refractivity contribution in [2.24, 2.45) is 0 Å². The van der Waals surface area contributed by atoms with Crippen molar-refractivity contribution < 1.29 is 5.11 Å². The summed E-state index contributed by atoms with van der Waals surface area (Å²) >= 11 is 7.98. The quantitative estimate of drug-likeness (QED) is 0.824. The van der Waals surface area contributed by atoms with E-state index in [1.54, 1.807) is 17.8 Å². The fraction of sp³-hybridized carbons (Fsp3) is 0.263. The highest BCUT2D eigenvalue weighted by Crippen LogP contribution is 2.43. The first-order chi connectivity index (χ1) is 11.6. The van der Waals surface area contributed by atoms with Crippen molar-refractivity contribution in [3.05, 3.63) is 52.5 Å². The van der Waals surface area contributed by atoms with Crippen LogP contribution in [0.5, 0.6) is 5.75 Å². The molecule has 0 saturated carbocycles. The maximum Gasteiger partial charge on any atom is 0.116 e. The summed E-state index contributed by atoms with van der Waals surface area (Å²) in [5.41, 5.74) is 3.53. The van der Waals surface area contributed by atoms with Crippen LogP contribution in [-0.4, -0.2) is 48.1 Å². The van der Waals surface area contributed by atoms with Gasteiger partial charge in [0.25, 0.3) is 0 Å². The Bertz CT molecular complexity index is 813. The molecule has 0 bridgehead atoms. The Morgan fingerprint density at radius 1 is 1.00 bits per heavy atom. The lowest BCUT2D eigenvalue weighted by atomic mass is 10.1. The average Bonchev–Trinajstić information content (AvgIpc) is 2.72. The Labute approximate surface area is 151 Å². The normalized spacial score (nSPS) is 17.8. The molecule has 4 rings (SSSR count). The molecule has 2 aliphatic heterocycles. The summed E-state index contributed by atoms with van der Waals surface area (Å²) in [6, 6.07) is 11.6. The van der Waals surface area contributed by atoms with Gasteiger partial charge in [0.2, 0.25) is 0 Å². The summed E-state index contributed by atoms with van der Waals surface area (Å²) in [6.45, 7) is 4.13. The number of hydrogen-bond donors (Lipinski definition) is 1. The second-order valence-corrected chi connectivity index (χ2v) is 7.80. The Morgan fingerprint density at radius 3 is 2.58 bits per heavy atom. The summed E-state index contributed by atoms with van der Waals surface area (Å²) in [4.78, 5) is 7.04. The van der Waals surface area contributed by atoms with Crippen LogP contribution in [0, 0.1) is 0 Å². The van der Waals surface area contributed by atoms with Gasteiger partial charge in [-0.2, -0.15) is 0 Å². The number of hydrogen-bond acceptors (Lipinski definition) is 4. The van der Waals surface area contributed by atoms with Gasteiger partial charge in [-0.05, 0) is 49.0 Å². The van der Waals surface area contributed by atoms with Crippen molar-refractivity contribution in [1.29, 1.82) is 0 Å². The van der Waals surface area contributed by atoms with E-state index in [0.29, 0.717) is 5.75 Å². The predicted molar refractivity (Wildman–Crippen MR) is 101 cm³/mol. The smallest absolute Gasteiger partial charge is 0.116 e. The van der Waals surface area contributed by atoms with Crippen molar-refractivity contribution in [3.63, 3.8) is 0 Å². The lowest BCUT2D eigenvalue weighted by Crippen LogP contribution is -2.43. The maximum atomic E-state index is 9.84. The Morgan fingerprint density at radius 2 is 1.79 bits per heavy atom. The topological polar surface area (TPSA) is 26.7 Å². The highest BCUT2D eigenvalue weighted by Gasteiger charge is 2.23. The second kappa shape index (κ2) is 6.36. The first-order valence-corrected chi connectivity index (χ1v) is 9.25. The molecule has 3 nitrogen and oxygen atoms in total. The molecule has 0 unspecified atom stereocenters. The van der Waals surface area contributed by atoms with Crippen molar-refractivity contribution >= 4 is 35.1 Å². The van der Waals surface area contributed by atoms with E-state index < -0.39 is 0 Å². The van der Waals surface area contributed by atoms with Gasteiger partial charge in [-0.25, -0.2) is 0 Å². The first kappa shape index (κ1) is 15.9. The number of rotatable bonds is 1. The zero-order valence-corrected chi connectivity index (χ0v) is 15.1. The van der Waals surface area contributed by atoms with Crippen molar-refractivity contribution in [2.75, 3.05) is 33.2 Å². The maximum absolute atomic E-state index is 9.84. The third kappa shape index (κ3) is 3.02. The molecule has 0 amide bonds. The van der Waals surface area contributed by atoms with E-state index in [1.165, 1.54) is 16.2 Å². The van der Waals surface area contributed by atoms with Crippen molar-refractivity contribution in [2.45, 2.75) is 9.79 Å². The molecule has 1 N–H and O–H groups in total. The molecule has 2 aliphatic rings. The van der Waals surface area contributed by atoms with Crippen LogP contribution in [0.1, 0.15) is 11.1 Å². The lowest BCUT2D eigenvalue weighted by molar-refractivity contribution is 0.207. The Balaban J connectivity index is 1.85.